The Kier molecular flexibility index (Phi) is 9.83. The van der Waals surface area contributed by atoms with Crippen LogP contribution in [0.4, 0.5) is 4.39 Å². The molecule has 1 aromatic heterocycles. The number of rotatable bonds is 11. The molecular formula is C38H40ClFNO4+. The van der Waals surface area contributed by atoms with Crippen LogP contribution in [0.25, 0.3) is 10.8 Å². The number of methoxy groups -OCH3 is 3. The van der Waals surface area contributed by atoms with E-state index >= 15 is 0 Å². The van der Waals surface area contributed by atoms with Crippen LogP contribution in [-0.4, -0.2) is 21.3 Å². The molecule has 234 valence electrons. The molecule has 0 unspecified atom stereocenters. The highest BCUT2D eigenvalue weighted by atomic mass is 35.5. The summed E-state index contributed by atoms with van der Waals surface area (Å²) in [5.74, 6) is 2.05. The Morgan fingerprint density at radius 1 is 0.778 bits per heavy atom. The van der Waals surface area contributed by atoms with E-state index < -0.39 is 5.82 Å². The molecule has 5 nitrogen and oxygen atoms in total. The van der Waals surface area contributed by atoms with Crippen molar-refractivity contribution in [3.8, 4) is 23.0 Å². The fourth-order valence-electron chi connectivity index (χ4n) is 5.57. The van der Waals surface area contributed by atoms with Crippen LogP contribution >= 0.6 is 11.6 Å². The number of pyridine rings is 1. The maximum Gasteiger partial charge on any atom is 0.189 e. The second-order valence-electron chi connectivity index (χ2n) is 12.1. The van der Waals surface area contributed by atoms with Crippen LogP contribution in [0.15, 0.2) is 85.1 Å². The van der Waals surface area contributed by atoms with Crippen molar-refractivity contribution < 1.29 is 27.9 Å². The lowest BCUT2D eigenvalue weighted by Gasteiger charge is -2.19. The van der Waals surface area contributed by atoms with E-state index in [-0.39, 0.29) is 12.0 Å². The summed E-state index contributed by atoms with van der Waals surface area (Å²) in [4.78, 5) is 0. The third kappa shape index (κ3) is 7.18. The van der Waals surface area contributed by atoms with Crippen molar-refractivity contribution in [3.63, 3.8) is 0 Å². The summed E-state index contributed by atoms with van der Waals surface area (Å²) in [6, 6.07) is 25.4. The van der Waals surface area contributed by atoms with Crippen LogP contribution in [0.3, 0.4) is 0 Å². The van der Waals surface area contributed by atoms with Crippen molar-refractivity contribution in [2.45, 2.75) is 52.2 Å². The number of aryl methyl sites for hydroxylation is 2. The first kappa shape index (κ1) is 32.1. The largest absolute Gasteiger partial charge is 0.493 e. The SMILES string of the molecule is COc1cc2cc[n+](Cc3cccc(OC)c3OCc3c(F)cccc3Cl)c(CCc3ccc(C(C)(C)C)cc3)c2cc1OC. The monoisotopic (exact) mass is 628 g/mol. The minimum absolute atomic E-state index is 0.0321. The molecule has 0 spiro atoms. The van der Waals surface area contributed by atoms with Crippen LogP contribution in [0.1, 0.15) is 48.7 Å². The first-order chi connectivity index (χ1) is 21.6. The lowest BCUT2D eigenvalue weighted by atomic mass is 9.86. The zero-order valence-electron chi connectivity index (χ0n) is 26.7. The number of nitrogens with zero attached hydrogens (tertiary/aromatic N) is 1. The molecule has 5 rings (SSSR count). The van der Waals surface area contributed by atoms with Crippen molar-refractivity contribution in [2.75, 3.05) is 21.3 Å². The van der Waals surface area contributed by atoms with Crippen molar-refractivity contribution >= 4 is 22.4 Å². The molecule has 7 heteroatoms. The van der Waals surface area contributed by atoms with Gasteiger partial charge in [-0.15, -0.1) is 0 Å². The van der Waals surface area contributed by atoms with Gasteiger partial charge in [0.05, 0.1) is 37.3 Å². The van der Waals surface area contributed by atoms with Gasteiger partial charge in [0, 0.05) is 18.1 Å². The van der Waals surface area contributed by atoms with Gasteiger partial charge in [-0.05, 0) is 64.7 Å². The third-order valence-corrected chi connectivity index (χ3v) is 8.52. The predicted octanol–water partition coefficient (Wildman–Crippen LogP) is 8.66. The third-order valence-electron chi connectivity index (χ3n) is 8.16. The number of hydrogen-bond donors (Lipinski definition) is 0. The summed E-state index contributed by atoms with van der Waals surface area (Å²) < 4.78 is 40.0. The molecule has 45 heavy (non-hydrogen) atoms. The van der Waals surface area contributed by atoms with E-state index in [9.17, 15) is 4.39 Å². The topological polar surface area (TPSA) is 40.8 Å². The van der Waals surface area contributed by atoms with Crippen molar-refractivity contribution in [3.05, 3.63) is 124 Å². The highest BCUT2D eigenvalue weighted by Gasteiger charge is 2.22. The number of halogens is 2. The molecule has 0 aliphatic carbocycles. The number of hydrogen-bond acceptors (Lipinski definition) is 4. The quantitative estimate of drug-likeness (QED) is 0.137. The first-order valence-corrected chi connectivity index (χ1v) is 15.4. The molecule has 0 saturated heterocycles. The number of benzene rings is 4. The van der Waals surface area contributed by atoms with E-state index in [0.29, 0.717) is 40.1 Å². The Hall–Kier alpha value is -4.29. The molecule has 0 saturated carbocycles. The van der Waals surface area contributed by atoms with Crippen molar-refractivity contribution in [2.24, 2.45) is 0 Å². The highest BCUT2D eigenvalue weighted by molar-refractivity contribution is 6.31. The Morgan fingerprint density at radius 3 is 2.13 bits per heavy atom. The summed E-state index contributed by atoms with van der Waals surface area (Å²) in [6.45, 7) is 7.15. The fourth-order valence-corrected chi connectivity index (χ4v) is 5.78. The van der Waals surface area contributed by atoms with E-state index in [0.717, 1.165) is 34.9 Å². The average molecular weight is 629 g/mol. The standard InChI is InChI=1S/C38H40ClFNO4/c1-38(2,3)28-16-13-25(14-17-28)15-18-33-29-22-36(44-6)35(43-5)21-26(29)19-20-41(33)23-27-9-7-12-34(42-4)37(27)45-24-30-31(39)10-8-11-32(30)40/h7-14,16-17,19-22H,15,18,23-24H2,1-6H3/q+1. The molecule has 0 amide bonds. The van der Waals surface area contributed by atoms with Gasteiger partial charge in [-0.1, -0.05) is 68.8 Å². The molecule has 0 atom stereocenters. The molecule has 0 radical (unpaired) electrons. The maximum atomic E-state index is 14.6. The number of para-hydroxylation sites is 1. The molecular weight excluding hydrogens is 589 g/mol. The van der Waals surface area contributed by atoms with Crippen LogP contribution < -0.4 is 23.5 Å². The molecule has 0 bridgehead atoms. The minimum atomic E-state index is -0.412. The lowest BCUT2D eigenvalue weighted by Crippen LogP contribution is -2.39. The predicted molar refractivity (Wildman–Crippen MR) is 178 cm³/mol. The summed E-state index contributed by atoms with van der Waals surface area (Å²) in [6.07, 6.45) is 3.72. The van der Waals surface area contributed by atoms with Gasteiger partial charge >= 0.3 is 0 Å². The van der Waals surface area contributed by atoms with Crippen LogP contribution in [0.5, 0.6) is 23.0 Å². The Bertz CT molecular complexity index is 1780. The van der Waals surface area contributed by atoms with Crippen molar-refractivity contribution in [1.82, 2.24) is 0 Å². The Balaban J connectivity index is 1.54. The van der Waals surface area contributed by atoms with Crippen LogP contribution in [0.2, 0.25) is 5.02 Å². The number of aromatic nitrogens is 1. The maximum absolute atomic E-state index is 14.6. The van der Waals surface area contributed by atoms with E-state index in [1.807, 2.05) is 30.3 Å². The van der Waals surface area contributed by atoms with Gasteiger partial charge in [-0.25, -0.2) is 4.39 Å². The summed E-state index contributed by atoms with van der Waals surface area (Å²) in [7, 11) is 4.90. The number of fused-ring (bicyclic) bond motifs is 1. The summed E-state index contributed by atoms with van der Waals surface area (Å²) in [5.41, 5.74) is 5.00. The smallest absolute Gasteiger partial charge is 0.189 e. The average Bonchev–Trinajstić information content (AvgIpc) is 3.03. The van der Waals surface area contributed by atoms with Crippen LogP contribution in [0, 0.1) is 5.82 Å². The zero-order valence-corrected chi connectivity index (χ0v) is 27.5. The molecule has 0 aliphatic rings. The van der Waals surface area contributed by atoms with Gasteiger partial charge in [-0.3, -0.25) is 0 Å². The van der Waals surface area contributed by atoms with Gasteiger partial charge in [0.2, 0.25) is 0 Å². The molecule has 0 N–H and O–H groups in total. The Morgan fingerprint density at radius 2 is 1.47 bits per heavy atom. The molecule has 0 aliphatic heterocycles. The van der Waals surface area contributed by atoms with Crippen LogP contribution in [-0.2, 0) is 31.4 Å². The Labute approximate surface area is 270 Å². The first-order valence-electron chi connectivity index (χ1n) is 15.0. The van der Waals surface area contributed by atoms with Gasteiger partial charge in [0.1, 0.15) is 12.4 Å². The second-order valence-corrected chi connectivity index (χ2v) is 12.5. The molecule has 1 heterocycles. The lowest BCUT2D eigenvalue weighted by molar-refractivity contribution is -0.694. The van der Waals surface area contributed by atoms with Crippen molar-refractivity contribution in [1.29, 1.82) is 0 Å². The van der Waals surface area contributed by atoms with E-state index in [1.165, 1.54) is 17.2 Å². The van der Waals surface area contributed by atoms with Gasteiger partial charge < -0.3 is 18.9 Å². The van der Waals surface area contributed by atoms with Gasteiger partial charge in [-0.2, -0.15) is 4.57 Å². The van der Waals surface area contributed by atoms with E-state index in [2.05, 4.69) is 61.9 Å². The van der Waals surface area contributed by atoms with Gasteiger partial charge in [0.15, 0.2) is 41.4 Å². The minimum Gasteiger partial charge on any atom is -0.493 e. The number of ether oxygens (including phenoxy) is 4. The van der Waals surface area contributed by atoms with E-state index in [4.69, 9.17) is 30.5 Å². The second kappa shape index (κ2) is 13.8. The normalized spacial score (nSPS) is 11.5. The molecule has 0 fully saturated rings. The van der Waals surface area contributed by atoms with E-state index in [1.54, 1.807) is 33.5 Å². The highest BCUT2D eigenvalue weighted by Crippen LogP contribution is 2.35. The fraction of sp³-hybridized carbons (Fsp3) is 0.289. The summed E-state index contributed by atoms with van der Waals surface area (Å²) >= 11 is 6.30. The zero-order chi connectivity index (χ0) is 32.1. The molecule has 5 aromatic rings. The summed E-state index contributed by atoms with van der Waals surface area (Å²) in [5, 5.41) is 2.45. The molecule has 4 aromatic carbocycles. The van der Waals surface area contributed by atoms with Gasteiger partial charge in [0.25, 0.3) is 0 Å².